The van der Waals surface area contributed by atoms with Crippen molar-refractivity contribution in [2.75, 3.05) is 0 Å². The maximum Gasteiger partial charge on any atom is 0.189 e. The van der Waals surface area contributed by atoms with Crippen LogP contribution in [0, 0.1) is 6.20 Å². The average Bonchev–Trinajstić information content (AvgIpc) is 3.29. The first-order valence-corrected chi connectivity index (χ1v) is 11.4. The van der Waals surface area contributed by atoms with E-state index in [2.05, 4.69) is 38.9 Å². The van der Waals surface area contributed by atoms with Gasteiger partial charge in [-0.3, -0.25) is 4.79 Å². The molecule has 0 aliphatic heterocycles. The summed E-state index contributed by atoms with van der Waals surface area (Å²) >= 11 is 0. The molecule has 1 N–H and O–H groups in total. The molecule has 37 heavy (non-hydrogen) atoms. The third kappa shape index (κ3) is 5.72. The van der Waals surface area contributed by atoms with Crippen LogP contribution in [0.25, 0.3) is 33.4 Å². The van der Waals surface area contributed by atoms with Crippen LogP contribution < -0.4 is 0 Å². The predicted molar refractivity (Wildman–Crippen MR) is 143 cm³/mol. The van der Waals surface area contributed by atoms with E-state index in [-0.39, 0.29) is 31.6 Å². The molecule has 0 saturated heterocycles. The van der Waals surface area contributed by atoms with Crippen LogP contribution in [0.15, 0.2) is 128 Å². The normalized spacial score (nSPS) is 10.9. The number of carbonyl (C=O) groups is 1. The van der Waals surface area contributed by atoms with E-state index in [0.717, 1.165) is 27.6 Å². The van der Waals surface area contributed by atoms with Gasteiger partial charge in [-0.15, -0.1) is 6.07 Å². The molecule has 183 valence electrons. The molecule has 3 aromatic carbocycles. The van der Waals surface area contributed by atoms with Gasteiger partial charge in [-0.1, -0.05) is 90.4 Å². The fourth-order valence-corrected chi connectivity index (χ4v) is 3.97. The monoisotopic (exact) mass is 661 g/mol. The SMILES string of the molecule is O=C(/C=C(\O)c1ccccc1)c1ccccc1.[Ir].[c-]1nccc2c1c1ncccc1n2-c1ccccc1. The van der Waals surface area contributed by atoms with Crippen LogP contribution in [0.1, 0.15) is 15.9 Å². The molecule has 6 heteroatoms. The Morgan fingerprint density at radius 3 is 2.03 bits per heavy atom. The number of aliphatic hydroxyl groups excluding tert-OH is 1. The maximum atomic E-state index is 11.8. The van der Waals surface area contributed by atoms with Gasteiger partial charge in [0.2, 0.25) is 0 Å². The van der Waals surface area contributed by atoms with Gasteiger partial charge in [-0.2, -0.15) is 0 Å². The minimum Gasteiger partial charge on any atom is -0.507 e. The zero-order chi connectivity index (χ0) is 24.7. The maximum absolute atomic E-state index is 11.8. The van der Waals surface area contributed by atoms with Gasteiger partial charge in [-0.05, 0) is 36.0 Å². The van der Waals surface area contributed by atoms with Gasteiger partial charge in [0.25, 0.3) is 0 Å². The van der Waals surface area contributed by atoms with E-state index in [1.807, 2.05) is 54.6 Å². The van der Waals surface area contributed by atoms with E-state index in [1.165, 1.54) is 6.08 Å². The van der Waals surface area contributed by atoms with Crippen molar-refractivity contribution in [3.05, 3.63) is 145 Å². The van der Waals surface area contributed by atoms with E-state index < -0.39 is 0 Å². The van der Waals surface area contributed by atoms with Crippen molar-refractivity contribution in [3.8, 4) is 5.69 Å². The van der Waals surface area contributed by atoms with Crippen LogP contribution in [0.5, 0.6) is 0 Å². The summed E-state index contributed by atoms with van der Waals surface area (Å²) in [6, 6.07) is 34.2. The minimum absolute atomic E-state index is 0. The Bertz CT molecular complexity index is 1590. The summed E-state index contributed by atoms with van der Waals surface area (Å²) in [5, 5.41) is 10.8. The number of carbonyl (C=O) groups excluding carboxylic acids is 1. The van der Waals surface area contributed by atoms with E-state index in [9.17, 15) is 9.90 Å². The Labute approximate surface area is 228 Å². The zero-order valence-electron chi connectivity index (χ0n) is 19.7. The van der Waals surface area contributed by atoms with Gasteiger partial charge in [0.1, 0.15) is 5.76 Å². The molecule has 1 radical (unpaired) electrons. The van der Waals surface area contributed by atoms with Crippen LogP contribution in [0.3, 0.4) is 0 Å². The van der Waals surface area contributed by atoms with Crippen LogP contribution in [-0.4, -0.2) is 25.4 Å². The number of fused-ring (bicyclic) bond motifs is 3. The van der Waals surface area contributed by atoms with Crippen molar-refractivity contribution < 1.29 is 30.0 Å². The molecule has 0 saturated carbocycles. The fraction of sp³-hybridized carbons (Fsp3) is 0. The van der Waals surface area contributed by atoms with E-state index in [1.54, 1.807) is 48.8 Å². The van der Waals surface area contributed by atoms with Gasteiger partial charge < -0.3 is 19.6 Å². The second-order valence-electron chi connectivity index (χ2n) is 7.98. The van der Waals surface area contributed by atoms with E-state index >= 15 is 0 Å². The number of ketones is 1. The molecule has 6 aromatic rings. The largest absolute Gasteiger partial charge is 0.507 e. The number of hydrogen-bond donors (Lipinski definition) is 1. The zero-order valence-corrected chi connectivity index (χ0v) is 22.0. The van der Waals surface area contributed by atoms with Gasteiger partial charge in [0.05, 0.1) is 0 Å². The minimum atomic E-state index is -0.202. The quantitative estimate of drug-likeness (QED) is 0.0974. The molecule has 3 heterocycles. The molecule has 6 rings (SSSR count). The third-order valence-electron chi connectivity index (χ3n) is 5.65. The summed E-state index contributed by atoms with van der Waals surface area (Å²) in [5.74, 6) is -0.216. The number of pyridine rings is 2. The third-order valence-corrected chi connectivity index (χ3v) is 5.65. The van der Waals surface area contributed by atoms with Gasteiger partial charge in [0, 0.05) is 60.2 Å². The molecular weight excluding hydrogens is 639 g/mol. The Hall–Kier alpha value is -4.38. The first-order chi connectivity index (χ1) is 17.7. The summed E-state index contributed by atoms with van der Waals surface area (Å²) < 4.78 is 2.19. The number of rotatable bonds is 4. The summed E-state index contributed by atoms with van der Waals surface area (Å²) in [6.07, 6.45) is 7.86. The summed E-state index contributed by atoms with van der Waals surface area (Å²) in [7, 11) is 0. The second kappa shape index (κ2) is 12.0. The first-order valence-electron chi connectivity index (χ1n) is 11.4. The number of allylic oxidation sites excluding steroid dienone is 1. The number of nitrogens with zero attached hydrogens (tertiary/aromatic N) is 3. The van der Waals surface area contributed by atoms with Crippen LogP contribution in [0.4, 0.5) is 0 Å². The number of aromatic nitrogens is 3. The van der Waals surface area contributed by atoms with Crippen molar-refractivity contribution in [2.45, 2.75) is 0 Å². The molecule has 0 spiro atoms. The Kier molecular flexibility index (Phi) is 8.36. The number of benzene rings is 3. The number of para-hydroxylation sites is 1. The predicted octanol–water partition coefficient (Wildman–Crippen LogP) is 6.84. The summed E-state index contributed by atoms with van der Waals surface area (Å²) in [5.41, 5.74) is 5.42. The number of aliphatic hydroxyl groups is 1. The standard InChI is InChI=1S/C16H10N3.C15H12O2.Ir/c1-2-5-12(6-3-1)19-14-8-10-17-11-13(14)16-15(19)7-4-9-18-16;16-14(12-7-3-1-4-8-12)11-15(17)13-9-5-2-6-10-13;/h1-10H;1-11,16H;/q-1;;/b;14-11-;. The van der Waals surface area contributed by atoms with Crippen molar-refractivity contribution in [3.63, 3.8) is 0 Å². The smallest absolute Gasteiger partial charge is 0.189 e. The Balaban J connectivity index is 0.000000170. The molecule has 0 fully saturated rings. The first kappa shape index (κ1) is 25.7. The van der Waals surface area contributed by atoms with Crippen LogP contribution in [0.2, 0.25) is 0 Å². The van der Waals surface area contributed by atoms with Crippen molar-refractivity contribution >= 4 is 33.5 Å². The molecule has 0 amide bonds. The molecule has 5 nitrogen and oxygen atoms in total. The van der Waals surface area contributed by atoms with Crippen molar-refractivity contribution in [1.29, 1.82) is 0 Å². The van der Waals surface area contributed by atoms with Gasteiger partial charge in [0.15, 0.2) is 5.78 Å². The van der Waals surface area contributed by atoms with Gasteiger partial charge >= 0.3 is 0 Å². The topological polar surface area (TPSA) is 68.0 Å². The van der Waals surface area contributed by atoms with E-state index in [0.29, 0.717) is 11.1 Å². The molecule has 0 unspecified atom stereocenters. The molecule has 0 atom stereocenters. The summed E-state index contributed by atoms with van der Waals surface area (Å²) in [4.78, 5) is 20.3. The van der Waals surface area contributed by atoms with Gasteiger partial charge in [-0.25, -0.2) is 0 Å². The van der Waals surface area contributed by atoms with E-state index in [4.69, 9.17) is 0 Å². The Morgan fingerprint density at radius 2 is 1.35 bits per heavy atom. The average molecular weight is 661 g/mol. The number of hydrogen-bond acceptors (Lipinski definition) is 4. The molecule has 0 aliphatic rings. The molecule has 0 bridgehead atoms. The second-order valence-corrected chi connectivity index (χ2v) is 7.98. The van der Waals surface area contributed by atoms with Crippen LogP contribution in [-0.2, 0) is 20.1 Å². The summed E-state index contributed by atoms with van der Waals surface area (Å²) in [6.45, 7) is 0. The van der Waals surface area contributed by atoms with Crippen molar-refractivity contribution in [2.24, 2.45) is 0 Å². The Morgan fingerprint density at radius 1 is 0.730 bits per heavy atom. The molecule has 0 aliphatic carbocycles. The fourth-order valence-electron chi connectivity index (χ4n) is 3.97. The van der Waals surface area contributed by atoms with Crippen molar-refractivity contribution in [1.82, 2.24) is 14.5 Å². The molecule has 3 aromatic heterocycles. The molecular formula is C31H22IrN3O2-. The van der Waals surface area contributed by atoms with Crippen LogP contribution >= 0.6 is 0 Å².